The molecular weight excluding hydrogens is 364 g/mol. The Kier molecular flexibility index (Phi) is 6.69. The molecule has 1 unspecified atom stereocenters. The summed E-state index contributed by atoms with van der Waals surface area (Å²) in [6.07, 6.45) is 0. The van der Waals surface area contributed by atoms with Crippen molar-refractivity contribution >= 4 is 10.9 Å². The van der Waals surface area contributed by atoms with Crippen molar-refractivity contribution in [1.29, 1.82) is 0 Å². The van der Waals surface area contributed by atoms with E-state index in [-0.39, 0.29) is 12.2 Å². The summed E-state index contributed by atoms with van der Waals surface area (Å²) < 4.78 is 12.0. The number of nitrogens with zero attached hydrogens (tertiary/aromatic N) is 4. The van der Waals surface area contributed by atoms with Crippen LogP contribution >= 0.6 is 0 Å². The first-order valence-corrected chi connectivity index (χ1v) is 9.03. The molecule has 0 fully saturated rings. The lowest BCUT2D eigenvalue weighted by Crippen LogP contribution is -3.10. The Balaban J connectivity index is 1.83. The molecule has 3 aromatic rings. The molecule has 0 radical (unpaired) electrons. The van der Waals surface area contributed by atoms with Gasteiger partial charge in [0.1, 0.15) is 25.4 Å². The van der Waals surface area contributed by atoms with Crippen molar-refractivity contribution in [3.8, 4) is 5.75 Å². The zero-order chi connectivity index (χ0) is 19.9. The molecule has 3 N–H and O–H groups in total. The van der Waals surface area contributed by atoms with E-state index in [0.717, 1.165) is 21.6 Å². The van der Waals surface area contributed by atoms with Crippen LogP contribution in [0.15, 0.2) is 29.1 Å². The number of methoxy groups -OCH3 is 2. The van der Waals surface area contributed by atoms with Crippen LogP contribution in [0, 0.1) is 0 Å². The molecule has 0 aliphatic carbocycles. The predicted octanol–water partition coefficient (Wildman–Crippen LogP) is -1.25. The maximum absolute atomic E-state index is 12.5. The Morgan fingerprint density at radius 2 is 2.11 bits per heavy atom. The molecule has 1 atom stereocenters. The lowest BCUT2D eigenvalue weighted by molar-refractivity contribution is -0.928. The number of hydrogen-bond acceptors (Lipinski definition) is 7. The van der Waals surface area contributed by atoms with Crippen LogP contribution < -0.4 is 15.2 Å². The SMILES string of the molecule is COCCn1nnnc1C[NH+](CCO)Cc1cc2cc(OC)ccc2[nH]c1=O. The van der Waals surface area contributed by atoms with E-state index < -0.39 is 0 Å². The van der Waals surface area contributed by atoms with Gasteiger partial charge in [0.05, 0.1) is 32.4 Å². The number of quaternary nitrogens is 1. The summed E-state index contributed by atoms with van der Waals surface area (Å²) in [7, 11) is 3.23. The highest BCUT2D eigenvalue weighted by molar-refractivity contribution is 5.80. The fourth-order valence-electron chi connectivity index (χ4n) is 3.08. The Morgan fingerprint density at radius 1 is 1.25 bits per heavy atom. The van der Waals surface area contributed by atoms with Crippen molar-refractivity contribution in [3.05, 3.63) is 46.0 Å². The van der Waals surface area contributed by atoms with Crippen LogP contribution in [0.1, 0.15) is 11.4 Å². The number of rotatable bonds is 10. The van der Waals surface area contributed by atoms with Crippen LogP contribution in [0.3, 0.4) is 0 Å². The lowest BCUT2D eigenvalue weighted by Gasteiger charge is -2.18. The number of hydrogen-bond donors (Lipinski definition) is 3. The first-order valence-electron chi connectivity index (χ1n) is 9.03. The van der Waals surface area contributed by atoms with Crippen LogP contribution in [-0.2, 0) is 24.4 Å². The number of aliphatic hydroxyl groups is 1. The third-order valence-electron chi connectivity index (χ3n) is 4.56. The number of tetrazole rings is 1. The number of pyridine rings is 1. The van der Waals surface area contributed by atoms with Gasteiger partial charge in [0.25, 0.3) is 5.56 Å². The molecule has 0 spiro atoms. The molecule has 0 amide bonds. The molecule has 0 aliphatic heterocycles. The molecule has 10 heteroatoms. The first kappa shape index (κ1) is 19.9. The van der Waals surface area contributed by atoms with Gasteiger partial charge in [-0.2, -0.15) is 0 Å². The maximum Gasteiger partial charge on any atom is 0.257 e. The van der Waals surface area contributed by atoms with Gasteiger partial charge in [-0.25, -0.2) is 4.68 Å². The van der Waals surface area contributed by atoms with E-state index >= 15 is 0 Å². The minimum absolute atomic E-state index is 0.00568. The van der Waals surface area contributed by atoms with Gasteiger partial charge < -0.3 is 24.5 Å². The third-order valence-corrected chi connectivity index (χ3v) is 4.56. The number of benzene rings is 1. The zero-order valence-electron chi connectivity index (χ0n) is 16.0. The first-order chi connectivity index (χ1) is 13.6. The van der Waals surface area contributed by atoms with Gasteiger partial charge in [-0.3, -0.25) is 4.79 Å². The lowest BCUT2D eigenvalue weighted by atomic mass is 10.1. The molecule has 0 saturated carbocycles. The number of ether oxygens (including phenoxy) is 2. The second-order valence-corrected chi connectivity index (χ2v) is 6.47. The quantitative estimate of drug-likeness (QED) is 0.396. The van der Waals surface area contributed by atoms with Gasteiger partial charge in [0.2, 0.25) is 5.82 Å². The fourth-order valence-corrected chi connectivity index (χ4v) is 3.08. The number of fused-ring (bicyclic) bond motifs is 1. The molecule has 0 aliphatic rings. The Labute approximate surface area is 161 Å². The van der Waals surface area contributed by atoms with E-state index in [2.05, 4.69) is 20.5 Å². The van der Waals surface area contributed by atoms with Crippen LogP contribution in [0.2, 0.25) is 0 Å². The summed E-state index contributed by atoms with van der Waals surface area (Å²) in [6.45, 7) is 2.41. The Morgan fingerprint density at radius 3 is 2.86 bits per heavy atom. The number of aromatic amines is 1. The maximum atomic E-state index is 12.5. The van der Waals surface area contributed by atoms with Crippen molar-refractivity contribution < 1.29 is 19.5 Å². The largest absolute Gasteiger partial charge is 0.497 e. The summed E-state index contributed by atoms with van der Waals surface area (Å²) in [5.41, 5.74) is 1.23. The highest BCUT2D eigenvalue weighted by Gasteiger charge is 2.18. The van der Waals surface area contributed by atoms with Crippen molar-refractivity contribution in [1.82, 2.24) is 25.2 Å². The molecule has 0 bridgehead atoms. The zero-order valence-corrected chi connectivity index (χ0v) is 16.0. The summed E-state index contributed by atoms with van der Waals surface area (Å²) in [5, 5.41) is 22.1. The number of aliphatic hydroxyl groups excluding tert-OH is 1. The van der Waals surface area contributed by atoms with Crippen LogP contribution in [-0.4, -0.2) is 64.3 Å². The topological polar surface area (TPSA) is 120 Å². The van der Waals surface area contributed by atoms with Crippen molar-refractivity contribution in [2.45, 2.75) is 19.6 Å². The molecule has 10 nitrogen and oxygen atoms in total. The summed E-state index contributed by atoms with van der Waals surface area (Å²) in [6, 6.07) is 7.37. The van der Waals surface area contributed by atoms with Gasteiger partial charge in [-0.15, -0.1) is 5.10 Å². The number of H-pyrrole nitrogens is 1. The Bertz CT molecular complexity index is 970. The van der Waals surface area contributed by atoms with E-state index in [1.54, 1.807) is 25.0 Å². The summed E-state index contributed by atoms with van der Waals surface area (Å²) >= 11 is 0. The third kappa shape index (κ3) is 4.71. The predicted molar refractivity (Wildman–Crippen MR) is 101 cm³/mol. The van der Waals surface area contributed by atoms with Crippen LogP contribution in [0.25, 0.3) is 10.9 Å². The minimum atomic E-state index is -0.146. The van der Waals surface area contributed by atoms with Crippen molar-refractivity contribution in [2.24, 2.45) is 0 Å². The molecule has 2 heterocycles. The minimum Gasteiger partial charge on any atom is -0.497 e. The molecule has 2 aromatic heterocycles. The molecule has 3 rings (SSSR count). The molecule has 1 aromatic carbocycles. The number of nitrogens with one attached hydrogen (secondary N) is 2. The fraction of sp³-hybridized carbons (Fsp3) is 0.444. The van der Waals surface area contributed by atoms with Gasteiger partial charge in [0.15, 0.2) is 0 Å². The standard InChI is InChI=1S/C18H24N6O4/c1-27-8-6-24-17(20-21-22-24)12-23(5-7-25)11-14-9-13-10-15(28-2)3-4-16(13)19-18(14)26/h3-4,9-10,25H,5-8,11-12H2,1-2H3,(H,19,26)/p+1. The average molecular weight is 389 g/mol. The van der Waals surface area contributed by atoms with E-state index in [0.29, 0.717) is 44.2 Å². The second kappa shape index (κ2) is 9.40. The average Bonchev–Trinajstić information content (AvgIpc) is 3.13. The molecule has 0 saturated heterocycles. The highest BCUT2D eigenvalue weighted by atomic mass is 16.5. The van der Waals surface area contributed by atoms with Crippen molar-refractivity contribution in [3.63, 3.8) is 0 Å². The van der Waals surface area contributed by atoms with Gasteiger partial charge >= 0.3 is 0 Å². The number of aromatic nitrogens is 5. The second-order valence-electron chi connectivity index (χ2n) is 6.47. The van der Waals surface area contributed by atoms with Crippen LogP contribution in [0.4, 0.5) is 0 Å². The van der Waals surface area contributed by atoms with E-state index in [4.69, 9.17) is 9.47 Å². The van der Waals surface area contributed by atoms with E-state index in [1.807, 2.05) is 18.2 Å². The van der Waals surface area contributed by atoms with Crippen LogP contribution in [0.5, 0.6) is 5.75 Å². The van der Waals surface area contributed by atoms with Crippen molar-refractivity contribution in [2.75, 3.05) is 34.0 Å². The monoisotopic (exact) mass is 389 g/mol. The van der Waals surface area contributed by atoms with E-state index in [9.17, 15) is 9.90 Å². The van der Waals surface area contributed by atoms with Gasteiger partial charge in [-0.1, -0.05) is 0 Å². The van der Waals surface area contributed by atoms with Gasteiger partial charge in [-0.05, 0) is 34.7 Å². The summed E-state index contributed by atoms with van der Waals surface area (Å²) in [4.78, 5) is 16.4. The summed E-state index contributed by atoms with van der Waals surface area (Å²) in [5.74, 6) is 1.40. The molecule has 28 heavy (non-hydrogen) atoms. The molecular formula is C18H25N6O4+. The smallest absolute Gasteiger partial charge is 0.257 e. The molecule has 150 valence electrons. The highest BCUT2D eigenvalue weighted by Crippen LogP contribution is 2.18. The van der Waals surface area contributed by atoms with Gasteiger partial charge in [0, 0.05) is 18.0 Å². The normalized spacial score (nSPS) is 12.4. The van der Waals surface area contributed by atoms with E-state index in [1.165, 1.54) is 0 Å². The Hall–Kier alpha value is -2.82.